The fourth-order valence-electron chi connectivity index (χ4n) is 1.31. The molecule has 1 aromatic heterocycles. The molecule has 0 aliphatic rings. The average Bonchev–Trinajstić information content (AvgIpc) is 2.13. The van der Waals surface area contributed by atoms with Gasteiger partial charge in [0.2, 0.25) is 0 Å². The first kappa shape index (κ1) is 15.0. The van der Waals surface area contributed by atoms with Crippen LogP contribution in [0.2, 0.25) is 10.3 Å². The van der Waals surface area contributed by atoms with Gasteiger partial charge in [-0.2, -0.15) is 0 Å². The van der Waals surface area contributed by atoms with Gasteiger partial charge in [0, 0.05) is 5.92 Å². The number of hydrogen-bond donors (Lipinski definition) is 1. The van der Waals surface area contributed by atoms with Crippen LogP contribution in [0, 0.1) is 0 Å². The van der Waals surface area contributed by atoms with Gasteiger partial charge in [0.25, 0.3) is 0 Å². The largest absolute Gasteiger partial charge is 0.481 e. The zero-order valence-electron chi connectivity index (χ0n) is 8.33. The lowest BCUT2D eigenvalue weighted by atomic mass is 9.97. The second kappa shape index (κ2) is 6.73. The Morgan fingerprint density at radius 1 is 1.41 bits per heavy atom. The molecule has 1 N–H and O–H groups in total. The number of carbonyl (C=O) groups is 1. The maximum atomic E-state index is 10.8. The summed E-state index contributed by atoms with van der Waals surface area (Å²) in [6.07, 6.45) is 1.66. The maximum Gasteiger partial charge on any atom is 0.304 e. The molecule has 1 rings (SSSR count). The Morgan fingerprint density at radius 3 is 2.35 bits per heavy atom. The van der Waals surface area contributed by atoms with Crippen LogP contribution in [0.25, 0.3) is 0 Å². The molecule has 0 aromatic carbocycles. The van der Waals surface area contributed by atoms with Crippen molar-refractivity contribution >= 4 is 61.0 Å². The van der Waals surface area contributed by atoms with E-state index in [4.69, 9.17) is 28.3 Å². The van der Waals surface area contributed by atoms with E-state index < -0.39 is 5.97 Å². The minimum atomic E-state index is -0.906. The summed E-state index contributed by atoms with van der Waals surface area (Å²) in [5, 5.41) is 9.33. The van der Waals surface area contributed by atoms with Crippen molar-refractivity contribution in [2.75, 3.05) is 0 Å². The van der Waals surface area contributed by atoms with Crippen LogP contribution in [0.4, 0.5) is 0 Å². The van der Waals surface area contributed by atoms with Crippen molar-refractivity contribution in [1.82, 2.24) is 4.98 Å². The molecular formula is C10H7Br2Cl2NO2. The lowest BCUT2D eigenvalue weighted by Crippen LogP contribution is -2.04. The van der Waals surface area contributed by atoms with Crippen LogP contribution in [0.1, 0.15) is 17.9 Å². The fraction of sp³-hybridized carbons (Fsp3) is 0.200. The molecule has 92 valence electrons. The fourth-order valence-corrected chi connectivity index (χ4v) is 2.43. The molecular weight excluding hydrogens is 397 g/mol. The number of carboxylic acid groups (broad SMARTS) is 1. The molecule has 1 atom stereocenters. The molecule has 0 aliphatic heterocycles. The first-order valence-electron chi connectivity index (χ1n) is 4.46. The summed E-state index contributed by atoms with van der Waals surface area (Å²) >= 11 is 18.0. The third kappa shape index (κ3) is 5.38. The number of halogens is 4. The van der Waals surface area contributed by atoms with Gasteiger partial charge in [-0.05, 0) is 49.6 Å². The number of aromatic nitrogens is 1. The van der Waals surface area contributed by atoms with Crippen molar-refractivity contribution in [3.05, 3.63) is 37.5 Å². The molecule has 1 aromatic rings. The summed E-state index contributed by atoms with van der Waals surface area (Å²) in [5.74, 6) is -1.24. The Hall–Kier alpha value is -0.100. The molecule has 0 radical (unpaired) electrons. The van der Waals surface area contributed by atoms with Crippen LogP contribution in [-0.2, 0) is 4.79 Å². The lowest BCUT2D eigenvalue weighted by Gasteiger charge is -2.11. The average molecular weight is 404 g/mol. The van der Waals surface area contributed by atoms with Crippen molar-refractivity contribution in [3.8, 4) is 0 Å². The van der Waals surface area contributed by atoms with Crippen LogP contribution >= 0.6 is 55.1 Å². The normalized spacial score (nSPS) is 12.0. The summed E-state index contributed by atoms with van der Waals surface area (Å²) in [6, 6.07) is 3.20. The summed E-state index contributed by atoms with van der Waals surface area (Å²) in [4.78, 5) is 14.6. The minimum absolute atomic E-state index is 0.0582. The first-order valence-corrected chi connectivity index (χ1v) is 6.80. The second-order valence-electron chi connectivity index (χ2n) is 3.21. The summed E-state index contributed by atoms with van der Waals surface area (Å²) in [5.41, 5.74) is 0.703. The van der Waals surface area contributed by atoms with E-state index in [0.717, 1.165) is 0 Å². The Kier molecular flexibility index (Phi) is 5.92. The van der Waals surface area contributed by atoms with Gasteiger partial charge in [-0.25, -0.2) is 4.98 Å². The number of carboxylic acids is 1. The van der Waals surface area contributed by atoms with Gasteiger partial charge >= 0.3 is 5.97 Å². The number of nitrogens with zero attached hydrogens (tertiary/aromatic N) is 1. The molecule has 0 saturated heterocycles. The van der Waals surface area contributed by atoms with Gasteiger partial charge in [0.15, 0.2) is 0 Å². The van der Waals surface area contributed by atoms with E-state index in [1.807, 2.05) is 0 Å². The number of aliphatic carboxylic acids is 1. The quantitative estimate of drug-likeness (QED) is 0.749. The number of allylic oxidation sites excluding steroid dienone is 1. The third-order valence-corrected chi connectivity index (χ3v) is 2.85. The molecule has 1 heterocycles. The highest BCUT2D eigenvalue weighted by Crippen LogP contribution is 2.29. The summed E-state index contributed by atoms with van der Waals surface area (Å²) in [7, 11) is 0. The van der Waals surface area contributed by atoms with E-state index in [-0.39, 0.29) is 22.6 Å². The highest BCUT2D eigenvalue weighted by molar-refractivity contribution is 9.28. The zero-order valence-corrected chi connectivity index (χ0v) is 13.0. The third-order valence-electron chi connectivity index (χ3n) is 1.94. The van der Waals surface area contributed by atoms with Crippen molar-refractivity contribution in [2.45, 2.75) is 12.3 Å². The van der Waals surface area contributed by atoms with E-state index in [1.54, 1.807) is 18.2 Å². The molecule has 1 unspecified atom stereocenters. The van der Waals surface area contributed by atoms with E-state index >= 15 is 0 Å². The molecule has 0 bridgehead atoms. The predicted octanol–water partition coefficient (Wildman–Crippen LogP) is 4.58. The maximum absolute atomic E-state index is 10.8. The summed E-state index contributed by atoms with van der Waals surface area (Å²) in [6.45, 7) is 0. The topological polar surface area (TPSA) is 50.2 Å². The molecule has 3 nitrogen and oxygen atoms in total. The van der Waals surface area contributed by atoms with Gasteiger partial charge < -0.3 is 5.11 Å². The molecule has 0 fully saturated rings. The van der Waals surface area contributed by atoms with Gasteiger partial charge in [-0.1, -0.05) is 29.3 Å². The van der Waals surface area contributed by atoms with Gasteiger partial charge in [0.1, 0.15) is 10.3 Å². The monoisotopic (exact) mass is 401 g/mol. The van der Waals surface area contributed by atoms with Crippen LogP contribution in [0.5, 0.6) is 0 Å². The molecule has 7 heteroatoms. The second-order valence-corrected chi connectivity index (χ2v) is 6.75. The standard InChI is InChI=1S/C10H7Br2Cl2NO2/c11-7(12)1-5(4-10(16)17)6-2-8(13)15-9(14)3-6/h1-3,5H,4H2,(H,16,17). The van der Waals surface area contributed by atoms with E-state index in [2.05, 4.69) is 36.8 Å². The highest BCUT2D eigenvalue weighted by atomic mass is 79.9. The summed E-state index contributed by atoms with van der Waals surface area (Å²) < 4.78 is 0.667. The molecule has 0 spiro atoms. The lowest BCUT2D eigenvalue weighted by molar-refractivity contribution is -0.137. The molecule has 0 saturated carbocycles. The Labute approximate surface area is 125 Å². The van der Waals surface area contributed by atoms with Gasteiger partial charge in [-0.15, -0.1) is 0 Å². The minimum Gasteiger partial charge on any atom is -0.481 e. The Morgan fingerprint density at radius 2 is 1.94 bits per heavy atom. The van der Waals surface area contributed by atoms with Crippen molar-refractivity contribution in [3.63, 3.8) is 0 Å². The molecule has 17 heavy (non-hydrogen) atoms. The Balaban J connectivity index is 3.11. The number of pyridine rings is 1. The van der Waals surface area contributed by atoms with E-state index in [9.17, 15) is 4.79 Å². The Bertz CT molecular complexity index is 441. The van der Waals surface area contributed by atoms with Crippen LogP contribution < -0.4 is 0 Å². The van der Waals surface area contributed by atoms with Crippen molar-refractivity contribution in [2.24, 2.45) is 0 Å². The van der Waals surface area contributed by atoms with Crippen LogP contribution in [0.15, 0.2) is 21.6 Å². The SMILES string of the molecule is O=C(O)CC(C=C(Br)Br)c1cc(Cl)nc(Cl)c1. The number of hydrogen-bond acceptors (Lipinski definition) is 2. The predicted molar refractivity (Wildman–Crippen MR) is 75.2 cm³/mol. The molecule has 0 amide bonds. The van der Waals surface area contributed by atoms with Crippen molar-refractivity contribution < 1.29 is 9.90 Å². The molecule has 0 aliphatic carbocycles. The van der Waals surface area contributed by atoms with E-state index in [1.165, 1.54) is 0 Å². The van der Waals surface area contributed by atoms with Gasteiger partial charge in [0.05, 0.1) is 9.81 Å². The van der Waals surface area contributed by atoms with Gasteiger partial charge in [-0.3, -0.25) is 4.79 Å². The zero-order chi connectivity index (χ0) is 13.0. The van der Waals surface area contributed by atoms with Crippen LogP contribution in [0.3, 0.4) is 0 Å². The van der Waals surface area contributed by atoms with Crippen molar-refractivity contribution in [1.29, 1.82) is 0 Å². The highest BCUT2D eigenvalue weighted by Gasteiger charge is 2.15. The van der Waals surface area contributed by atoms with E-state index in [0.29, 0.717) is 8.96 Å². The smallest absolute Gasteiger partial charge is 0.304 e. The number of rotatable bonds is 4. The first-order chi connectivity index (χ1) is 7.88. The van der Waals surface area contributed by atoms with Crippen LogP contribution in [-0.4, -0.2) is 16.1 Å².